The quantitative estimate of drug-likeness (QED) is 0.481. The topological polar surface area (TPSA) is 49.4 Å². The third-order valence-corrected chi connectivity index (χ3v) is 7.57. The second-order valence-electron chi connectivity index (χ2n) is 8.16. The molecule has 0 unspecified atom stereocenters. The summed E-state index contributed by atoms with van der Waals surface area (Å²) in [5.74, 6) is -0.181. The van der Waals surface area contributed by atoms with Gasteiger partial charge in [-0.1, -0.05) is 61.2 Å². The average molecular weight is 453 g/mol. The molecule has 1 atom stereocenters. The number of amides is 2. The summed E-state index contributed by atoms with van der Waals surface area (Å²) in [7, 11) is 0. The maximum absolute atomic E-state index is 13.6. The molecule has 2 amide bonds. The molecule has 31 heavy (non-hydrogen) atoms. The van der Waals surface area contributed by atoms with Crippen LogP contribution in [0.1, 0.15) is 63.8 Å². The van der Waals surface area contributed by atoms with Crippen LogP contribution in [0.3, 0.4) is 0 Å². The average Bonchev–Trinajstić information content (AvgIpc) is 3.50. The second kappa shape index (κ2) is 10.2. The van der Waals surface area contributed by atoms with Crippen molar-refractivity contribution in [3.05, 3.63) is 80.2 Å². The smallest absolute Gasteiger partial charge is 0.265 e. The van der Waals surface area contributed by atoms with Gasteiger partial charge in [0.25, 0.3) is 5.91 Å². The molecule has 6 heteroatoms. The highest BCUT2D eigenvalue weighted by atomic mass is 32.1. The first-order valence-electron chi connectivity index (χ1n) is 10.9. The van der Waals surface area contributed by atoms with Crippen LogP contribution in [-0.2, 0) is 11.3 Å². The van der Waals surface area contributed by atoms with E-state index in [1.165, 1.54) is 34.7 Å². The van der Waals surface area contributed by atoms with Crippen LogP contribution < -0.4 is 5.32 Å². The van der Waals surface area contributed by atoms with Gasteiger partial charge in [-0.05, 0) is 48.2 Å². The van der Waals surface area contributed by atoms with E-state index in [4.69, 9.17) is 0 Å². The van der Waals surface area contributed by atoms with Crippen LogP contribution in [0.25, 0.3) is 0 Å². The molecule has 0 saturated heterocycles. The lowest BCUT2D eigenvalue weighted by atomic mass is 9.95. The minimum absolute atomic E-state index is 0.0774. The number of hydrogen-bond donors (Lipinski definition) is 1. The first-order valence-corrected chi connectivity index (χ1v) is 12.6. The Labute approximate surface area is 191 Å². The van der Waals surface area contributed by atoms with Crippen molar-refractivity contribution < 1.29 is 9.59 Å². The summed E-state index contributed by atoms with van der Waals surface area (Å²) in [4.78, 5) is 30.4. The number of aryl methyl sites for hydroxylation is 1. The van der Waals surface area contributed by atoms with Gasteiger partial charge in [0.2, 0.25) is 5.91 Å². The molecule has 0 bridgehead atoms. The molecule has 0 spiro atoms. The Hall–Kier alpha value is -2.44. The molecule has 4 nitrogen and oxygen atoms in total. The number of rotatable bonds is 7. The van der Waals surface area contributed by atoms with Gasteiger partial charge in [-0.25, -0.2) is 0 Å². The summed E-state index contributed by atoms with van der Waals surface area (Å²) in [6, 6.07) is 15.3. The highest BCUT2D eigenvalue weighted by Gasteiger charge is 2.34. The number of nitrogens with one attached hydrogen (secondary N) is 1. The highest BCUT2D eigenvalue weighted by molar-refractivity contribution is 7.12. The molecule has 1 aliphatic rings. The lowest BCUT2D eigenvalue weighted by Crippen LogP contribution is -2.46. The van der Waals surface area contributed by atoms with Crippen LogP contribution in [0.5, 0.6) is 0 Å². The van der Waals surface area contributed by atoms with Gasteiger partial charge >= 0.3 is 0 Å². The molecule has 1 fully saturated rings. The Kier molecular flexibility index (Phi) is 7.20. The van der Waals surface area contributed by atoms with E-state index < -0.39 is 6.04 Å². The first kappa shape index (κ1) is 21.8. The number of thiophene rings is 2. The van der Waals surface area contributed by atoms with E-state index in [1.807, 2.05) is 66.2 Å². The summed E-state index contributed by atoms with van der Waals surface area (Å²) < 4.78 is 0. The molecule has 2 aromatic heterocycles. The van der Waals surface area contributed by atoms with Gasteiger partial charge < -0.3 is 10.2 Å². The number of carbonyl (C=O) groups is 2. The van der Waals surface area contributed by atoms with E-state index in [2.05, 4.69) is 5.32 Å². The van der Waals surface area contributed by atoms with Gasteiger partial charge in [-0.15, -0.1) is 22.7 Å². The number of carbonyl (C=O) groups excluding carboxylic acids is 2. The largest absolute Gasteiger partial charge is 0.351 e. The van der Waals surface area contributed by atoms with Crippen LogP contribution in [-0.4, -0.2) is 22.8 Å². The molecule has 162 valence electrons. The molecule has 4 rings (SSSR count). The number of nitrogens with zero attached hydrogens (tertiary/aromatic N) is 1. The second-order valence-corrected chi connectivity index (χ2v) is 10.1. The molecule has 1 saturated carbocycles. The standard InChI is InChI=1S/C25H28N2O2S2/c1-18-11-13-19(14-12-18)17-27(25(29)22-10-6-16-31-22)23(21-9-5-15-30-21)24(28)26-20-7-3-2-4-8-20/h5-6,9-16,20,23H,2-4,7-8,17H2,1H3,(H,26,28)/t23-/m0/s1. The van der Waals surface area contributed by atoms with Crippen molar-refractivity contribution in [2.24, 2.45) is 0 Å². The van der Waals surface area contributed by atoms with Gasteiger partial charge in [-0.3, -0.25) is 9.59 Å². The molecule has 0 aliphatic heterocycles. The van der Waals surface area contributed by atoms with E-state index in [-0.39, 0.29) is 17.9 Å². The molecule has 3 aromatic rings. The van der Waals surface area contributed by atoms with Crippen molar-refractivity contribution in [3.63, 3.8) is 0 Å². The fraction of sp³-hybridized carbons (Fsp3) is 0.360. The van der Waals surface area contributed by atoms with Crippen LogP contribution in [0, 0.1) is 6.92 Å². The monoisotopic (exact) mass is 452 g/mol. The first-order chi connectivity index (χ1) is 15.1. The molecule has 2 heterocycles. The van der Waals surface area contributed by atoms with Gasteiger partial charge in [0.05, 0.1) is 4.88 Å². The lowest BCUT2D eigenvalue weighted by molar-refractivity contribution is -0.127. The lowest BCUT2D eigenvalue weighted by Gasteiger charge is -2.32. The summed E-state index contributed by atoms with van der Waals surface area (Å²) in [6.07, 6.45) is 5.56. The zero-order chi connectivity index (χ0) is 21.6. The van der Waals surface area contributed by atoms with Crippen molar-refractivity contribution in [1.29, 1.82) is 0 Å². The zero-order valence-corrected chi connectivity index (χ0v) is 19.4. The maximum Gasteiger partial charge on any atom is 0.265 e. The Morgan fingerprint density at radius 2 is 1.71 bits per heavy atom. The maximum atomic E-state index is 13.6. The van der Waals surface area contributed by atoms with Crippen molar-refractivity contribution >= 4 is 34.5 Å². The van der Waals surface area contributed by atoms with Crippen LogP contribution >= 0.6 is 22.7 Å². The van der Waals surface area contributed by atoms with Crippen molar-refractivity contribution in [3.8, 4) is 0 Å². The van der Waals surface area contributed by atoms with Crippen LogP contribution in [0.2, 0.25) is 0 Å². The Bertz CT molecular complexity index is 975. The minimum atomic E-state index is -0.641. The molecular weight excluding hydrogens is 424 g/mol. The van der Waals surface area contributed by atoms with Gasteiger partial charge in [0, 0.05) is 17.5 Å². The third-order valence-electron chi connectivity index (χ3n) is 5.79. The van der Waals surface area contributed by atoms with E-state index in [0.29, 0.717) is 11.4 Å². The summed E-state index contributed by atoms with van der Waals surface area (Å²) in [6.45, 7) is 2.43. The van der Waals surface area contributed by atoms with Gasteiger partial charge in [0.15, 0.2) is 0 Å². The van der Waals surface area contributed by atoms with E-state index in [1.54, 1.807) is 4.90 Å². The van der Waals surface area contributed by atoms with Crippen molar-refractivity contribution in [1.82, 2.24) is 10.2 Å². The molecule has 1 N–H and O–H groups in total. The zero-order valence-electron chi connectivity index (χ0n) is 17.8. The van der Waals surface area contributed by atoms with E-state index in [0.717, 1.165) is 36.1 Å². The van der Waals surface area contributed by atoms with Gasteiger partial charge in [-0.2, -0.15) is 0 Å². The third kappa shape index (κ3) is 5.43. The fourth-order valence-electron chi connectivity index (χ4n) is 4.11. The molecule has 1 aromatic carbocycles. The molecule has 0 radical (unpaired) electrons. The predicted molar refractivity (Wildman–Crippen MR) is 127 cm³/mol. The van der Waals surface area contributed by atoms with Gasteiger partial charge in [0.1, 0.15) is 6.04 Å². The Morgan fingerprint density at radius 3 is 2.35 bits per heavy atom. The minimum Gasteiger partial charge on any atom is -0.351 e. The Balaban J connectivity index is 1.67. The van der Waals surface area contributed by atoms with E-state index >= 15 is 0 Å². The van der Waals surface area contributed by atoms with Crippen LogP contribution in [0.4, 0.5) is 0 Å². The van der Waals surface area contributed by atoms with E-state index in [9.17, 15) is 9.59 Å². The van der Waals surface area contributed by atoms with Crippen molar-refractivity contribution in [2.45, 2.75) is 57.7 Å². The number of hydrogen-bond acceptors (Lipinski definition) is 4. The summed E-state index contributed by atoms with van der Waals surface area (Å²) in [5.41, 5.74) is 2.19. The highest BCUT2D eigenvalue weighted by Crippen LogP contribution is 2.30. The molecule has 1 aliphatic carbocycles. The summed E-state index contributed by atoms with van der Waals surface area (Å²) >= 11 is 2.94. The SMILES string of the molecule is Cc1ccc(CN(C(=O)c2cccs2)[C@H](C(=O)NC2CCCCC2)c2cccs2)cc1. The number of benzene rings is 1. The van der Waals surface area contributed by atoms with Crippen molar-refractivity contribution in [2.75, 3.05) is 0 Å². The Morgan fingerprint density at radius 1 is 1.00 bits per heavy atom. The predicted octanol–water partition coefficient (Wildman–Crippen LogP) is 5.95. The normalized spacial score (nSPS) is 15.4. The van der Waals surface area contributed by atoms with Crippen LogP contribution in [0.15, 0.2) is 59.3 Å². The fourth-order valence-corrected chi connectivity index (χ4v) is 5.62. The summed E-state index contributed by atoms with van der Waals surface area (Å²) in [5, 5.41) is 7.13. The molecular formula is C25H28N2O2S2.